The smallest absolute Gasteiger partial charge is 0.150 e. The van der Waals surface area contributed by atoms with Crippen molar-refractivity contribution in [3.8, 4) is 17.0 Å². The van der Waals surface area contributed by atoms with Crippen LogP contribution >= 0.6 is 11.6 Å². The van der Waals surface area contributed by atoms with Gasteiger partial charge >= 0.3 is 0 Å². The molecule has 6 rings (SSSR count). The number of piperidine rings is 1. The SMILES string of the molecule is Cc1c(-c2cc(OC[C@](C)(O)c3ncc(F)cc3F)c3c(Cl)cnn3c2)nnn1C1CCN(C2COC2)CC1. The third kappa shape index (κ3) is 4.86. The average molecular weight is 560 g/mol. The lowest BCUT2D eigenvalue weighted by Gasteiger charge is -2.41. The first-order valence-corrected chi connectivity index (χ1v) is 13.2. The van der Waals surface area contributed by atoms with Crippen molar-refractivity contribution in [2.45, 2.75) is 44.4 Å². The second-order valence-corrected chi connectivity index (χ2v) is 10.8. The number of hydrogen-bond donors (Lipinski definition) is 1. The largest absolute Gasteiger partial charge is 0.488 e. The monoisotopic (exact) mass is 559 g/mol. The predicted octanol–water partition coefficient (Wildman–Crippen LogP) is 3.55. The number of pyridine rings is 2. The molecule has 2 aliphatic heterocycles. The quantitative estimate of drug-likeness (QED) is 0.367. The molecule has 39 heavy (non-hydrogen) atoms. The van der Waals surface area contributed by atoms with E-state index >= 15 is 0 Å². The summed E-state index contributed by atoms with van der Waals surface area (Å²) in [6.07, 6.45) is 6.07. The normalized spacial score (nSPS) is 18.8. The number of nitrogens with zero attached hydrogens (tertiary/aromatic N) is 7. The zero-order chi connectivity index (χ0) is 27.3. The van der Waals surface area contributed by atoms with E-state index in [-0.39, 0.29) is 18.3 Å². The lowest BCUT2D eigenvalue weighted by Crippen LogP contribution is -2.52. The Kier molecular flexibility index (Phi) is 6.74. The minimum absolute atomic E-state index is 0.246. The van der Waals surface area contributed by atoms with Gasteiger partial charge in [0.05, 0.1) is 48.4 Å². The highest BCUT2D eigenvalue weighted by Crippen LogP contribution is 2.35. The van der Waals surface area contributed by atoms with Gasteiger partial charge in [-0.15, -0.1) is 5.10 Å². The van der Waals surface area contributed by atoms with E-state index in [9.17, 15) is 13.9 Å². The Hall–Kier alpha value is -3.19. The summed E-state index contributed by atoms with van der Waals surface area (Å²) in [5.41, 5.74) is 0.564. The van der Waals surface area contributed by atoms with Crippen LogP contribution in [0, 0.1) is 18.6 Å². The van der Waals surface area contributed by atoms with Crippen molar-refractivity contribution in [1.29, 1.82) is 0 Å². The first kappa shape index (κ1) is 26.1. The first-order chi connectivity index (χ1) is 18.7. The highest BCUT2D eigenvalue weighted by molar-refractivity contribution is 6.34. The van der Waals surface area contributed by atoms with Gasteiger partial charge in [0.1, 0.15) is 40.7 Å². The minimum atomic E-state index is -1.85. The molecule has 0 radical (unpaired) electrons. The molecule has 0 amide bonds. The number of aliphatic hydroxyl groups is 1. The Bertz CT molecular complexity index is 1510. The molecule has 10 nitrogen and oxygen atoms in total. The van der Waals surface area contributed by atoms with Gasteiger partial charge in [0.15, 0.2) is 5.82 Å². The summed E-state index contributed by atoms with van der Waals surface area (Å²) in [6.45, 7) is 6.56. The van der Waals surface area contributed by atoms with Gasteiger partial charge in [-0.1, -0.05) is 16.8 Å². The van der Waals surface area contributed by atoms with Crippen LogP contribution in [0.25, 0.3) is 16.8 Å². The molecule has 1 atom stereocenters. The fourth-order valence-corrected chi connectivity index (χ4v) is 5.49. The van der Waals surface area contributed by atoms with E-state index < -0.39 is 17.2 Å². The molecule has 0 aromatic carbocycles. The Labute approximate surface area is 228 Å². The van der Waals surface area contributed by atoms with Crippen LogP contribution in [0.3, 0.4) is 0 Å². The number of halogens is 3. The maximum atomic E-state index is 14.3. The highest BCUT2D eigenvalue weighted by atomic mass is 35.5. The molecule has 0 aliphatic carbocycles. The Morgan fingerprint density at radius 3 is 2.64 bits per heavy atom. The topological polar surface area (TPSA) is 103 Å². The average Bonchev–Trinajstić information content (AvgIpc) is 3.44. The van der Waals surface area contributed by atoms with Gasteiger partial charge in [-0.05, 0) is 32.8 Å². The van der Waals surface area contributed by atoms with Crippen LogP contribution < -0.4 is 4.74 Å². The molecule has 0 spiro atoms. The number of hydrogen-bond acceptors (Lipinski definition) is 8. The molecule has 4 aromatic heterocycles. The van der Waals surface area contributed by atoms with Crippen molar-refractivity contribution in [2.24, 2.45) is 0 Å². The van der Waals surface area contributed by atoms with E-state index in [1.807, 2.05) is 11.6 Å². The molecule has 2 saturated heterocycles. The molecule has 0 saturated carbocycles. The number of fused-ring (bicyclic) bond motifs is 1. The van der Waals surface area contributed by atoms with Crippen LogP contribution in [0.1, 0.15) is 37.2 Å². The summed E-state index contributed by atoms with van der Waals surface area (Å²) in [6, 6.07) is 3.19. The standard InChI is InChI=1S/C26H28ClF2N7O3/c1-15-23(32-33-36(15)18-3-5-34(6-4-18)19-12-38-13-19)16-7-22(24-20(27)10-31-35(24)11-16)39-14-26(2,37)25-21(29)8-17(28)9-30-25/h7-11,18-19,37H,3-6,12-14H2,1-2H3/t26-/m0/s1. The van der Waals surface area contributed by atoms with E-state index in [1.54, 1.807) is 16.8 Å². The lowest BCUT2D eigenvalue weighted by atomic mass is 10.0. The van der Waals surface area contributed by atoms with E-state index in [2.05, 4.69) is 25.3 Å². The second kappa shape index (κ2) is 10.1. The summed E-state index contributed by atoms with van der Waals surface area (Å²) in [5.74, 6) is -1.50. The maximum Gasteiger partial charge on any atom is 0.150 e. The van der Waals surface area contributed by atoms with E-state index in [0.717, 1.165) is 51.0 Å². The Morgan fingerprint density at radius 2 is 1.95 bits per heavy atom. The van der Waals surface area contributed by atoms with Crippen LogP contribution in [0.4, 0.5) is 8.78 Å². The molecular weight excluding hydrogens is 532 g/mol. The maximum absolute atomic E-state index is 14.3. The van der Waals surface area contributed by atoms with Gasteiger partial charge < -0.3 is 14.6 Å². The molecule has 0 bridgehead atoms. The fraction of sp³-hybridized carbons (Fsp3) is 0.462. The van der Waals surface area contributed by atoms with Crippen molar-refractivity contribution in [2.75, 3.05) is 32.9 Å². The summed E-state index contributed by atoms with van der Waals surface area (Å²) in [5, 5.41) is 24.5. The lowest BCUT2D eigenvalue weighted by molar-refractivity contribution is -0.0735. The van der Waals surface area contributed by atoms with E-state index in [1.165, 1.54) is 13.1 Å². The number of rotatable bonds is 7. The third-order valence-electron chi connectivity index (χ3n) is 7.54. The van der Waals surface area contributed by atoms with E-state index in [4.69, 9.17) is 21.1 Å². The number of aromatic nitrogens is 6. The van der Waals surface area contributed by atoms with Gasteiger partial charge in [0.2, 0.25) is 0 Å². The van der Waals surface area contributed by atoms with Crippen LogP contribution in [0.2, 0.25) is 5.02 Å². The van der Waals surface area contributed by atoms with Gasteiger partial charge in [-0.3, -0.25) is 9.88 Å². The van der Waals surface area contributed by atoms with E-state index in [0.29, 0.717) is 39.7 Å². The van der Waals surface area contributed by atoms with Gasteiger partial charge in [0, 0.05) is 30.9 Å². The highest BCUT2D eigenvalue weighted by Gasteiger charge is 2.32. The van der Waals surface area contributed by atoms with Crippen LogP contribution in [0.5, 0.6) is 5.75 Å². The van der Waals surface area contributed by atoms with Gasteiger partial charge in [-0.25, -0.2) is 18.0 Å². The predicted molar refractivity (Wildman–Crippen MR) is 138 cm³/mol. The molecule has 13 heteroatoms. The second-order valence-electron chi connectivity index (χ2n) is 10.4. The summed E-state index contributed by atoms with van der Waals surface area (Å²) in [7, 11) is 0. The molecule has 1 N–H and O–H groups in total. The Balaban J connectivity index is 1.26. The minimum Gasteiger partial charge on any atom is -0.488 e. The van der Waals surface area contributed by atoms with Gasteiger partial charge in [-0.2, -0.15) is 5.10 Å². The molecule has 4 aromatic rings. The molecule has 2 aliphatic rings. The van der Waals surface area contributed by atoms with Crippen LogP contribution in [-0.2, 0) is 10.3 Å². The molecular formula is C26H28ClF2N7O3. The summed E-state index contributed by atoms with van der Waals surface area (Å²) < 4.78 is 42.5. The molecule has 206 valence electrons. The zero-order valence-electron chi connectivity index (χ0n) is 21.5. The molecule has 0 unspecified atom stereocenters. The Morgan fingerprint density at radius 1 is 1.18 bits per heavy atom. The van der Waals surface area contributed by atoms with Crippen LogP contribution in [0.15, 0.2) is 30.7 Å². The number of likely N-dealkylation sites (tertiary alicyclic amines) is 1. The van der Waals surface area contributed by atoms with Crippen molar-refractivity contribution < 1.29 is 23.4 Å². The zero-order valence-corrected chi connectivity index (χ0v) is 22.3. The van der Waals surface area contributed by atoms with Crippen molar-refractivity contribution in [3.63, 3.8) is 0 Å². The first-order valence-electron chi connectivity index (χ1n) is 12.8. The van der Waals surface area contributed by atoms with Crippen LogP contribution in [-0.4, -0.2) is 78.6 Å². The van der Waals surface area contributed by atoms with Crippen molar-refractivity contribution in [3.05, 3.63) is 58.8 Å². The van der Waals surface area contributed by atoms with Crippen molar-refractivity contribution in [1.82, 2.24) is 34.5 Å². The van der Waals surface area contributed by atoms with Gasteiger partial charge in [0.25, 0.3) is 0 Å². The fourth-order valence-electron chi connectivity index (χ4n) is 5.27. The number of ether oxygens (including phenoxy) is 2. The third-order valence-corrected chi connectivity index (χ3v) is 7.82. The molecule has 6 heterocycles. The van der Waals surface area contributed by atoms with Crippen molar-refractivity contribution >= 4 is 17.1 Å². The molecule has 2 fully saturated rings. The summed E-state index contributed by atoms with van der Waals surface area (Å²) in [4.78, 5) is 6.20. The summed E-state index contributed by atoms with van der Waals surface area (Å²) >= 11 is 6.39.